The van der Waals surface area contributed by atoms with Crippen molar-refractivity contribution < 1.29 is 4.79 Å². The molecule has 28 heavy (non-hydrogen) atoms. The Kier molecular flexibility index (Phi) is 4.47. The van der Waals surface area contributed by atoms with Crippen molar-refractivity contribution in [2.45, 2.75) is 27.3 Å². The lowest BCUT2D eigenvalue weighted by Crippen LogP contribution is -2.28. The molecule has 0 spiro atoms. The number of rotatable bonds is 3. The average molecular weight is 370 g/mol. The van der Waals surface area contributed by atoms with Crippen LogP contribution in [0.4, 0.5) is 5.69 Å². The van der Waals surface area contributed by atoms with Crippen molar-refractivity contribution >= 4 is 33.3 Å². The summed E-state index contributed by atoms with van der Waals surface area (Å²) < 4.78 is 1.57. The molecule has 1 heterocycles. The van der Waals surface area contributed by atoms with E-state index in [0.717, 1.165) is 44.1 Å². The Hall–Kier alpha value is -3.40. The summed E-state index contributed by atoms with van der Waals surface area (Å²) in [5.41, 5.74) is 4.47. The van der Waals surface area contributed by atoms with Crippen LogP contribution in [-0.4, -0.2) is 10.5 Å². The van der Waals surface area contributed by atoms with Gasteiger partial charge in [-0.2, -0.15) is 0 Å². The first-order valence-corrected chi connectivity index (χ1v) is 9.33. The summed E-state index contributed by atoms with van der Waals surface area (Å²) >= 11 is 0. The number of benzene rings is 3. The molecule has 4 aromatic rings. The van der Waals surface area contributed by atoms with E-state index in [2.05, 4.69) is 11.4 Å². The van der Waals surface area contributed by atoms with Crippen molar-refractivity contribution in [1.82, 2.24) is 4.57 Å². The molecule has 0 saturated heterocycles. The summed E-state index contributed by atoms with van der Waals surface area (Å²) in [4.78, 5) is 25.5. The van der Waals surface area contributed by atoms with Gasteiger partial charge in [0, 0.05) is 22.5 Å². The Morgan fingerprint density at radius 2 is 1.64 bits per heavy atom. The molecule has 4 heteroatoms. The molecule has 140 valence electrons. The van der Waals surface area contributed by atoms with Crippen LogP contribution in [0.2, 0.25) is 0 Å². The van der Waals surface area contributed by atoms with Crippen LogP contribution >= 0.6 is 0 Å². The zero-order chi connectivity index (χ0) is 19.8. The zero-order valence-corrected chi connectivity index (χ0v) is 16.2. The normalized spacial score (nSPS) is 11.1. The molecule has 0 aliphatic heterocycles. The number of nitrogens with one attached hydrogen (secondary N) is 1. The van der Waals surface area contributed by atoms with Gasteiger partial charge in [0.15, 0.2) is 0 Å². The van der Waals surface area contributed by atoms with Crippen LogP contribution in [0, 0.1) is 20.8 Å². The van der Waals surface area contributed by atoms with E-state index in [4.69, 9.17) is 0 Å². The van der Waals surface area contributed by atoms with Crippen molar-refractivity contribution in [3.63, 3.8) is 0 Å². The monoisotopic (exact) mass is 370 g/mol. The fraction of sp³-hybridized carbons (Fsp3) is 0.167. The van der Waals surface area contributed by atoms with E-state index in [1.165, 1.54) is 0 Å². The second kappa shape index (κ2) is 6.97. The van der Waals surface area contributed by atoms with Gasteiger partial charge in [-0.05, 0) is 49.4 Å². The van der Waals surface area contributed by atoms with Crippen LogP contribution in [0.25, 0.3) is 21.7 Å². The lowest BCUT2D eigenvalue weighted by Gasteiger charge is -2.15. The lowest BCUT2D eigenvalue weighted by molar-refractivity contribution is -0.116. The van der Waals surface area contributed by atoms with Crippen LogP contribution in [-0.2, 0) is 11.3 Å². The van der Waals surface area contributed by atoms with Gasteiger partial charge in [-0.1, -0.05) is 48.0 Å². The van der Waals surface area contributed by atoms with E-state index in [-0.39, 0.29) is 18.0 Å². The van der Waals surface area contributed by atoms with Crippen LogP contribution in [0.5, 0.6) is 0 Å². The maximum Gasteiger partial charge on any atom is 0.251 e. The molecule has 0 bridgehead atoms. The Labute approximate surface area is 163 Å². The first-order chi connectivity index (χ1) is 13.4. The number of hydrogen-bond acceptors (Lipinski definition) is 2. The summed E-state index contributed by atoms with van der Waals surface area (Å²) in [6.45, 7) is 5.92. The molecule has 4 nitrogen and oxygen atoms in total. The third-order valence-corrected chi connectivity index (χ3v) is 5.11. The highest BCUT2D eigenvalue weighted by molar-refractivity contribution is 6.02. The number of pyridine rings is 1. The topological polar surface area (TPSA) is 51.1 Å². The van der Waals surface area contributed by atoms with E-state index in [1.807, 2.05) is 69.3 Å². The Balaban J connectivity index is 1.74. The van der Waals surface area contributed by atoms with E-state index in [0.29, 0.717) is 0 Å². The molecule has 1 N–H and O–H groups in total. The Morgan fingerprint density at radius 1 is 0.893 bits per heavy atom. The average Bonchev–Trinajstić information content (AvgIpc) is 2.65. The lowest BCUT2D eigenvalue weighted by atomic mass is 10.0. The summed E-state index contributed by atoms with van der Waals surface area (Å²) in [6, 6.07) is 19.4. The molecule has 4 rings (SSSR count). The van der Waals surface area contributed by atoms with Gasteiger partial charge in [-0.15, -0.1) is 0 Å². The van der Waals surface area contributed by atoms with Crippen LogP contribution in [0.1, 0.15) is 16.7 Å². The molecular weight excluding hydrogens is 348 g/mol. The Bertz CT molecular complexity index is 1280. The Morgan fingerprint density at radius 3 is 2.46 bits per heavy atom. The predicted octanol–water partition coefficient (Wildman–Crippen LogP) is 4.72. The molecule has 0 radical (unpaired) electrons. The minimum Gasteiger partial charge on any atom is -0.324 e. The van der Waals surface area contributed by atoms with Crippen molar-refractivity contribution in [1.29, 1.82) is 0 Å². The number of carbonyl (C=O) groups excluding carboxylic acids is 1. The van der Waals surface area contributed by atoms with E-state index in [1.54, 1.807) is 10.6 Å². The molecular formula is C24H22N2O2. The number of aryl methyl sites for hydroxylation is 3. The highest BCUT2D eigenvalue weighted by Crippen LogP contribution is 2.24. The third kappa shape index (κ3) is 3.18. The largest absolute Gasteiger partial charge is 0.324 e. The maximum atomic E-state index is 12.8. The zero-order valence-electron chi connectivity index (χ0n) is 16.2. The molecule has 0 saturated carbocycles. The molecule has 0 aliphatic carbocycles. The number of fused-ring (bicyclic) bond motifs is 2. The second-order valence-corrected chi connectivity index (χ2v) is 7.30. The van der Waals surface area contributed by atoms with Crippen LogP contribution in [0.15, 0.2) is 65.5 Å². The quantitative estimate of drug-likeness (QED) is 0.567. The molecule has 0 atom stereocenters. The molecule has 0 unspecified atom stereocenters. The van der Waals surface area contributed by atoms with Gasteiger partial charge in [0.2, 0.25) is 5.91 Å². The van der Waals surface area contributed by atoms with Crippen molar-refractivity contribution in [3.8, 4) is 0 Å². The third-order valence-electron chi connectivity index (χ3n) is 5.11. The predicted molar refractivity (Wildman–Crippen MR) is 115 cm³/mol. The first kappa shape index (κ1) is 18.0. The number of aromatic nitrogens is 1. The minimum atomic E-state index is -0.219. The van der Waals surface area contributed by atoms with Crippen LogP contribution < -0.4 is 10.9 Å². The number of nitrogens with zero attached hydrogens (tertiary/aromatic N) is 1. The number of hydrogen-bond donors (Lipinski definition) is 1. The smallest absolute Gasteiger partial charge is 0.251 e. The van der Waals surface area contributed by atoms with Gasteiger partial charge in [0.25, 0.3) is 5.56 Å². The number of anilines is 1. The van der Waals surface area contributed by atoms with E-state index >= 15 is 0 Å². The molecule has 0 fully saturated rings. The SMILES string of the molecule is Cc1cc(C)c2c(c1)c(C)cc(=O)n2CC(=O)Nc1cccc2ccccc12. The highest BCUT2D eigenvalue weighted by Gasteiger charge is 2.13. The van der Waals surface area contributed by atoms with Gasteiger partial charge < -0.3 is 5.32 Å². The van der Waals surface area contributed by atoms with Crippen molar-refractivity contribution in [2.75, 3.05) is 5.32 Å². The summed E-state index contributed by atoms with van der Waals surface area (Å²) in [7, 11) is 0. The van der Waals surface area contributed by atoms with E-state index < -0.39 is 0 Å². The maximum absolute atomic E-state index is 12.8. The number of carbonyl (C=O) groups is 1. The highest BCUT2D eigenvalue weighted by atomic mass is 16.2. The summed E-state index contributed by atoms with van der Waals surface area (Å²) in [5.74, 6) is -0.219. The molecule has 1 amide bonds. The van der Waals surface area contributed by atoms with Gasteiger partial charge in [-0.25, -0.2) is 0 Å². The minimum absolute atomic E-state index is 0.0251. The summed E-state index contributed by atoms with van der Waals surface area (Å²) in [6.07, 6.45) is 0. The second-order valence-electron chi connectivity index (χ2n) is 7.30. The van der Waals surface area contributed by atoms with E-state index in [9.17, 15) is 9.59 Å². The van der Waals surface area contributed by atoms with Gasteiger partial charge >= 0.3 is 0 Å². The van der Waals surface area contributed by atoms with Gasteiger partial charge in [-0.3, -0.25) is 14.2 Å². The molecule has 3 aromatic carbocycles. The first-order valence-electron chi connectivity index (χ1n) is 9.33. The fourth-order valence-electron chi connectivity index (χ4n) is 3.89. The van der Waals surface area contributed by atoms with Crippen molar-refractivity contribution in [2.24, 2.45) is 0 Å². The summed E-state index contributed by atoms with van der Waals surface area (Å²) in [5, 5.41) is 6.02. The standard InChI is InChI=1S/C24H22N2O2/c1-15-11-17(3)24-20(12-15)16(2)13-23(28)26(24)14-22(27)25-21-10-6-8-18-7-4-5-9-19(18)21/h4-13H,14H2,1-3H3,(H,25,27). The molecule has 1 aromatic heterocycles. The van der Waals surface area contributed by atoms with Gasteiger partial charge in [0.1, 0.15) is 6.54 Å². The number of amides is 1. The fourth-order valence-corrected chi connectivity index (χ4v) is 3.89. The van der Waals surface area contributed by atoms with Gasteiger partial charge in [0.05, 0.1) is 5.52 Å². The van der Waals surface area contributed by atoms with Crippen LogP contribution in [0.3, 0.4) is 0 Å². The molecule has 0 aliphatic rings. The van der Waals surface area contributed by atoms with Crippen molar-refractivity contribution in [3.05, 3.63) is 87.7 Å².